The van der Waals surface area contributed by atoms with Crippen molar-refractivity contribution in [3.8, 4) is 11.5 Å². The van der Waals surface area contributed by atoms with E-state index in [0.29, 0.717) is 55.7 Å². The number of carbonyl (C=O) groups excluding carboxylic acids is 3. The summed E-state index contributed by atoms with van der Waals surface area (Å²) < 4.78 is 11.0. The van der Waals surface area contributed by atoms with Crippen LogP contribution in [0, 0.1) is 5.92 Å². The second kappa shape index (κ2) is 12.7. The minimum absolute atomic E-state index is 0.232. The highest BCUT2D eigenvalue weighted by molar-refractivity contribution is 8.26. The Labute approximate surface area is 238 Å². The van der Waals surface area contributed by atoms with Gasteiger partial charge in [0.15, 0.2) is 0 Å². The molecule has 4 rings (SSSR count). The summed E-state index contributed by atoms with van der Waals surface area (Å²) in [5, 5.41) is 2.81. The highest BCUT2D eigenvalue weighted by Crippen LogP contribution is 2.45. The number of rotatable bonds is 11. The molecular weight excluding hydrogens is 534 g/mol. The molecule has 0 spiro atoms. The summed E-state index contributed by atoms with van der Waals surface area (Å²) in [6.45, 7) is 4.59. The number of hydrogen-bond acceptors (Lipinski definition) is 7. The molecule has 0 saturated carbocycles. The Kier molecular flexibility index (Phi) is 9.29. The van der Waals surface area contributed by atoms with E-state index < -0.39 is 11.8 Å². The zero-order valence-electron chi connectivity index (χ0n) is 22.6. The number of anilines is 2. The quantitative estimate of drug-likeness (QED) is 0.284. The van der Waals surface area contributed by atoms with Gasteiger partial charge in [-0.05, 0) is 30.5 Å². The number of para-hydroxylation sites is 1. The van der Waals surface area contributed by atoms with Gasteiger partial charge in [0, 0.05) is 18.2 Å². The minimum Gasteiger partial charge on any atom is -0.497 e. The number of amides is 3. The lowest BCUT2D eigenvalue weighted by atomic mass is 9.98. The number of ether oxygens (including phenoxy) is 2. The van der Waals surface area contributed by atoms with E-state index in [4.69, 9.17) is 21.7 Å². The smallest absolute Gasteiger partial charge is 0.267 e. The van der Waals surface area contributed by atoms with E-state index in [-0.39, 0.29) is 12.5 Å². The molecule has 2 aliphatic rings. The summed E-state index contributed by atoms with van der Waals surface area (Å²) >= 11 is 6.75. The predicted octanol–water partition coefficient (Wildman–Crippen LogP) is 5.48. The Morgan fingerprint density at radius 2 is 1.82 bits per heavy atom. The number of hydrogen-bond donors (Lipinski definition) is 1. The van der Waals surface area contributed by atoms with Crippen LogP contribution in [0.1, 0.15) is 45.1 Å². The van der Waals surface area contributed by atoms with Crippen LogP contribution in [0.5, 0.6) is 11.5 Å². The first-order valence-corrected chi connectivity index (χ1v) is 14.3. The van der Waals surface area contributed by atoms with Crippen LogP contribution in [-0.2, 0) is 14.4 Å². The van der Waals surface area contributed by atoms with Gasteiger partial charge in [-0.25, -0.2) is 0 Å². The maximum Gasteiger partial charge on any atom is 0.267 e. The van der Waals surface area contributed by atoms with Crippen molar-refractivity contribution in [3.05, 3.63) is 52.9 Å². The molecule has 1 saturated heterocycles. The lowest BCUT2D eigenvalue weighted by Crippen LogP contribution is -2.36. The first-order valence-electron chi connectivity index (χ1n) is 13.0. The molecule has 0 radical (unpaired) electrons. The van der Waals surface area contributed by atoms with E-state index in [1.54, 1.807) is 48.4 Å². The second-order valence-corrected chi connectivity index (χ2v) is 11.1. The molecule has 1 N–H and O–H groups in total. The number of nitrogens with one attached hydrogen (secondary N) is 1. The van der Waals surface area contributed by atoms with Crippen molar-refractivity contribution in [2.45, 2.75) is 39.5 Å². The largest absolute Gasteiger partial charge is 0.497 e. The molecule has 39 heavy (non-hydrogen) atoms. The van der Waals surface area contributed by atoms with Crippen molar-refractivity contribution in [1.82, 2.24) is 4.90 Å². The fraction of sp³-hybridized carbons (Fsp3) is 0.379. The monoisotopic (exact) mass is 567 g/mol. The summed E-state index contributed by atoms with van der Waals surface area (Å²) in [7, 11) is 3.04. The van der Waals surface area contributed by atoms with Crippen LogP contribution in [-0.4, -0.2) is 54.3 Å². The summed E-state index contributed by atoms with van der Waals surface area (Å²) in [4.78, 5) is 43.7. The van der Waals surface area contributed by atoms with Gasteiger partial charge in [0.2, 0.25) is 5.91 Å². The molecule has 8 nitrogen and oxygen atoms in total. The number of methoxy groups -OCH3 is 2. The normalized spacial score (nSPS) is 17.5. The van der Waals surface area contributed by atoms with Gasteiger partial charge >= 0.3 is 0 Å². The Morgan fingerprint density at radius 3 is 2.51 bits per heavy atom. The van der Waals surface area contributed by atoms with Crippen molar-refractivity contribution >= 4 is 63.0 Å². The first-order chi connectivity index (χ1) is 18.8. The van der Waals surface area contributed by atoms with Crippen LogP contribution in [0.25, 0.3) is 5.57 Å². The van der Waals surface area contributed by atoms with Crippen LogP contribution in [0.15, 0.2) is 47.4 Å². The molecule has 0 bridgehead atoms. The third-order valence-electron chi connectivity index (χ3n) is 6.97. The number of thiocarbonyl (C=S) groups is 1. The molecule has 0 aromatic heterocycles. The molecule has 2 aromatic carbocycles. The molecule has 2 heterocycles. The predicted molar refractivity (Wildman–Crippen MR) is 159 cm³/mol. The number of nitrogens with zero attached hydrogens (tertiary/aromatic N) is 2. The fourth-order valence-corrected chi connectivity index (χ4v) is 6.12. The summed E-state index contributed by atoms with van der Waals surface area (Å²) in [5.74, 6) is 0.324. The number of carbonyl (C=O) groups is 3. The van der Waals surface area contributed by atoms with E-state index in [1.165, 1.54) is 23.8 Å². The zero-order valence-corrected chi connectivity index (χ0v) is 24.2. The Bertz CT molecular complexity index is 1330. The average Bonchev–Trinajstić information content (AvgIpc) is 3.37. The third-order valence-corrected chi connectivity index (χ3v) is 8.42. The molecule has 2 aliphatic heterocycles. The van der Waals surface area contributed by atoms with Gasteiger partial charge in [0.05, 0.1) is 36.1 Å². The van der Waals surface area contributed by atoms with Crippen LogP contribution >= 0.6 is 24.0 Å². The Morgan fingerprint density at radius 1 is 1.05 bits per heavy atom. The van der Waals surface area contributed by atoms with Crippen molar-refractivity contribution in [3.63, 3.8) is 0 Å². The molecule has 1 atom stereocenters. The minimum atomic E-state index is -0.405. The van der Waals surface area contributed by atoms with Crippen LogP contribution in [0.2, 0.25) is 0 Å². The molecular formula is C29H33N3O5S2. The topological polar surface area (TPSA) is 88.2 Å². The maximum atomic E-state index is 13.7. The van der Waals surface area contributed by atoms with Gasteiger partial charge in [0.1, 0.15) is 22.4 Å². The maximum absolute atomic E-state index is 13.7. The van der Waals surface area contributed by atoms with E-state index >= 15 is 0 Å². The molecule has 10 heteroatoms. The van der Waals surface area contributed by atoms with Gasteiger partial charge < -0.3 is 14.8 Å². The molecule has 0 unspecified atom stereocenters. The SMILES string of the molecule is CCCC[C@H](CC)CN1C(=O)/C(=C2/C(=O)N(CC(=O)Nc3ccc(OC)cc3OC)c3ccccc32)SC1=S. The van der Waals surface area contributed by atoms with E-state index in [2.05, 4.69) is 19.2 Å². The second-order valence-electron chi connectivity index (χ2n) is 9.43. The van der Waals surface area contributed by atoms with Crippen LogP contribution < -0.4 is 19.7 Å². The number of benzene rings is 2. The highest BCUT2D eigenvalue weighted by atomic mass is 32.2. The van der Waals surface area contributed by atoms with E-state index in [0.717, 1.165) is 25.7 Å². The molecule has 206 valence electrons. The lowest BCUT2D eigenvalue weighted by Gasteiger charge is -2.21. The highest BCUT2D eigenvalue weighted by Gasteiger charge is 2.42. The van der Waals surface area contributed by atoms with Gasteiger partial charge in [-0.1, -0.05) is 75.3 Å². The standard InChI is InChI=1S/C29H33N3O5S2/c1-5-7-10-18(6-2)16-32-28(35)26(39-29(32)38)25-20-11-8-9-12-22(20)31(27(25)34)17-24(33)30-21-14-13-19(36-3)15-23(21)37-4/h8-9,11-15,18H,5-7,10,16-17H2,1-4H3,(H,30,33)/b26-25-/t18-/m0/s1. The summed E-state index contributed by atoms with van der Waals surface area (Å²) in [6, 6.07) is 12.2. The number of thioether (sulfide) groups is 1. The average molecular weight is 568 g/mol. The Hall–Kier alpha value is -3.37. The van der Waals surface area contributed by atoms with Crippen molar-refractivity contribution < 1.29 is 23.9 Å². The third kappa shape index (κ3) is 5.96. The van der Waals surface area contributed by atoms with Gasteiger partial charge in [-0.15, -0.1) is 0 Å². The summed E-state index contributed by atoms with van der Waals surface area (Å²) in [5.41, 5.74) is 1.95. The molecule has 3 amide bonds. The van der Waals surface area contributed by atoms with Crippen molar-refractivity contribution in [2.75, 3.05) is 37.5 Å². The van der Waals surface area contributed by atoms with E-state index in [1.807, 2.05) is 6.07 Å². The lowest BCUT2D eigenvalue weighted by molar-refractivity contribution is -0.123. The van der Waals surface area contributed by atoms with Crippen LogP contribution in [0.4, 0.5) is 11.4 Å². The number of unbranched alkanes of at least 4 members (excludes halogenated alkanes) is 1. The molecule has 0 aliphatic carbocycles. The molecule has 1 fully saturated rings. The number of fused-ring (bicyclic) bond motifs is 1. The fourth-order valence-electron chi connectivity index (χ4n) is 4.77. The van der Waals surface area contributed by atoms with Gasteiger partial charge in [-0.3, -0.25) is 24.2 Å². The summed E-state index contributed by atoms with van der Waals surface area (Å²) in [6.07, 6.45) is 4.17. The van der Waals surface area contributed by atoms with Gasteiger partial charge in [-0.2, -0.15) is 0 Å². The van der Waals surface area contributed by atoms with E-state index in [9.17, 15) is 14.4 Å². The van der Waals surface area contributed by atoms with Gasteiger partial charge in [0.25, 0.3) is 11.8 Å². The zero-order chi connectivity index (χ0) is 28.1. The Balaban J connectivity index is 1.58. The van der Waals surface area contributed by atoms with Crippen LogP contribution in [0.3, 0.4) is 0 Å². The van der Waals surface area contributed by atoms with Crippen molar-refractivity contribution in [1.29, 1.82) is 0 Å². The van der Waals surface area contributed by atoms with Crippen molar-refractivity contribution in [2.24, 2.45) is 5.92 Å². The molecule has 2 aromatic rings. The first kappa shape index (κ1) is 28.6.